The van der Waals surface area contributed by atoms with Gasteiger partial charge < -0.3 is 14.9 Å². The lowest BCUT2D eigenvalue weighted by atomic mass is 9.89. The number of carbonyl (C=O) groups excluding carboxylic acids is 1. The van der Waals surface area contributed by atoms with E-state index < -0.39 is 6.10 Å². The topological polar surface area (TPSA) is 66.8 Å². The van der Waals surface area contributed by atoms with Gasteiger partial charge in [-0.15, -0.1) is 0 Å². The standard InChI is InChI=1S/C28H48O4/c1-5-7-8-9-12-21(4)32-28(31)14-11-10-13-22-17-23-19-27(30)24(25(23)18-22)15-16-26(29)20(3)6-2/h13,15-16,20-21,23-27,29-30H,5-12,14,17-19H2,1-4H3/b16-15+,22-13+/t20?,21-,23-,24+,25-,26+,27+/m0/s1. The molecule has 0 radical (unpaired) electrons. The Hall–Kier alpha value is -1.13. The SMILES string of the molecule is CCCCCC[C@H](C)OC(=O)CCC/C=C1\C[C@H]2C[C@@H](O)[C@H](/C=C/[C@@H](O)C(C)CC)[C@H]2C1. The molecule has 2 aliphatic rings. The first kappa shape index (κ1) is 27.1. The molecule has 4 heteroatoms. The van der Waals surface area contributed by atoms with Gasteiger partial charge in [0, 0.05) is 12.3 Å². The second-order valence-electron chi connectivity index (χ2n) is 10.4. The van der Waals surface area contributed by atoms with Crippen molar-refractivity contribution < 1.29 is 19.7 Å². The zero-order valence-corrected chi connectivity index (χ0v) is 21.0. The molecule has 2 fully saturated rings. The highest BCUT2D eigenvalue weighted by Gasteiger charge is 2.44. The van der Waals surface area contributed by atoms with E-state index in [9.17, 15) is 15.0 Å². The van der Waals surface area contributed by atoms with Gasteiger partial charge in [-0.2, -0.15) is 0 Å². The minimum atomic E-state index is -0.429. The maximum atomic E-state index is 12.1. The average molecular weight is 449 g/mol. The van der Waals surface area contributed by atoms with Crippen LogP contribution in [0, 0.1) is 23.7 Å². The number of ether oxygens (including phenoxy) is 1. The van der Waals surface area contributed by atoms with Crippen molar-refractivity contribution in [2.75, 3.05) is 0 Å². The highest BCUT2D eigenvalue weighted by Crippen LogP contribution is 2.50. The largest absolute Gasteiger partial charge is 0.463 e. The highest BCUT2D eigenvalue weighted by molar-refractivity contribution is 5.69. The van der Waals surface area contributed by atoms with E-state index in [-0.39, 0.29) is 30.0 Å². The molecule has 0 bridgehead atoms. The van der Waals surface area contributed by atoms with E-state index in [0.717, 1.165) is 51.4 Å². The van der Waals surface area contributed by atoms with E-state index in [1.54, 1.807) is 0 Å². The lowest BCUT2D eigenvalue weighted by molar-refractivity contribution is -0.148. The lowest BCUT2D eigenvalue weighted by Gasteiger charge is -2.19. The summed E-state index contributed by atoms with van der Waals surface area (Å²) in [6, 6.07) is 0. The fourth-order valence-electron chi connectivity index (χ4n) is 5.37. The number of hydrogen-bond acceptors (Lipinski definition) is 4. The Balaban J connectivity index is 1.70. The molecule has 0 aromatic rings. The van der Waals surface area contributed by atoms with Gasteiger partial charge in [0.1, 0.15) is 0 Å². The summed E-state index contributed by atoms with van der Waals surface area (Å²) in [7, 11) is 0. The molecule has 2 aliphatic carbocycles. The van der Waals surface area contributed by atoms with E-state index in [0.29, 0.717) is 18.3 Å². The van der Waals surface area contributed by atoms with Crippen LogP contribution >= 0.6 is 0 Å². The van der Waals surface area contributed by atoms with Crippen LogP contribution in [0.25, 0.3) is 0 Å². The average Bonchev–Trinajstić information content (AvgIpc) is 3.28. The van der Waals surface area contributed by atoms with Gasteiger partial charge in [0.2, 0.25) is 0 Å². The minimum absolute atomic E-state index is 0.0298. The maximum Gasteiger partial charge on any atom is 0.306 e. The van der Waals surface area contributed by atoms with Crippen LogP contribution in [0.4, 0.5) is 0 Å². The molecule has 184 valence electrons. The van der Waals surface area contributed by atoms with Crippen molar-refractivity contribution >= 4 is 5.97 Å². The summed E-state index contributed by atoms with van der Waals surface area (Å²) in [6.07, 6.45) is 17.6. The van der Waals surface area contributed by atoms with Crippen molar-refractivity contribution in [2.24, 2.45) is 23.7 Å². The van der Waals surface area contributed by atoms with Gasteiger partial charge in [0.05, 0.1) is 18.3 Å². The van der Waals surface area contributed by atoms with Crippen molar-refractivity contribution in [1.82, 2.24) is 0 Å². The van der Waals surface area contributed by atoms with Crippen LogP contribution in [0.15, 0.2) is 23.8 Å². The van der Waals surface area contributed by atoms with Crippen LogP contribution in [-0.2, 0) is 9.53 Å². The van der Waals surface area contributed by atoms with Gasteiger partial charge in [0.25, 0.3) is 0 Å². The number of fused-ring (bicyclic) bond motifs is 1. The Bertz CT molecular complexity index is 611. The van der Waals surface area contributed by atoms with Crippen molar-refractivity contribution in [3.8, 4) is 0 Å². The van der Waals surface area contributed by atoms with E-state index in [2.05, 4.69) is 32.9 Å². The zero-order valence-electron chi connectivity index (χ0n) is 21.0. The summed E-state index contributed by atoms with van der Waals surface area (Å²) in [5.74, 6) is 1.36. The van der Waals surface area contributed by atoms with Gasteiger partial charge in [-0.1, -0.05) is 70.3 Å². The Labute approximate surface area is 196 Å². The van der Waals surface area contributed by atoms with E-state index in [4.69, 9.17) is 4.74 Å². The molecule has 1 unspecified atom stereocenters. The monoisotopic (exact) mass is 448 g/mol. The Kier molecular flexibility index (Phi) is 12.0. The number of unbranched alkanes of at least 4 members (excludes halogenated alkanes) is 4. The van der Waals surface area contributed by atoms with Crippen LogP contribution in [0.3, 0.4) is 0 Å². The number of esters is 1. The molecule has 0 saturated heterocycles. The summed E-state index contributed by atoms with van der Waals surface area (Å²) in [5.41, 5.74) is 1.48. The van der Waals surface area contributed by atoms with Crippen molar-refractivity contribution in [2.45, 2.75) is 123 Å². The molecule has 0 aromatic heterocycles. The Morgan fingerprint density at radius 1 is 1.16 bits per heavy atom. The summed E-state index contributed by atoms with van der Waals surface area (Å²) in [6.45, 7) is 8.36. The number of carbonyl (C=O) groups is 1. The van der Waals surface area contributed by atoms with Crippen molar-refractivity contribution in [1.29, 1.82) is 0 Å². The molecule has 7 atom stereocenters. The van der Waals surface area contributed by atoms with E-state index in [1.165, 1.54) is 24.8 Å². The van der Waals surface area contributed by atoms with Gasteiger partial charge in [-0.3, -0.25) is 4.79 Å². The molecule has 0 amide bonds. The van der Waals surface area contributed by atoms with Gasteiger partial charge in [-0.05, 0) is 69.6 Å². The number of rotatable bonds is 14. The summed E-state index contributed by atoms with van der Waals surface area (Å²) < 4.78 is 5.54. The second-order valence-corrected chi connectivity index (χ2v) is 10.4. The summed E-state index contributed by atoms with van der Waals surface area (Å²) in [4.78, 5) is 12.1. The van der Waals surface area contributed by atoms with Crippen LogP contribution in [-0.4, -0.2) is 34.5 Å². The molecule has 0 heterocycles. The van der Waals surface area contributed by atoms with Gasteiger partial charge >= 0.3 is 5.97 Å². The van der Waals surface area contributed by atoms with Gasteiger partial charge in [0.15, 0.2) is 0 Å². The first-order valence-corrected chi connectivity index (χ1v) is 13.3. The van der Waals surface area contributed by atoms with Crippen LogP contribution in [0.1, 0.15) is 105 Å². The van der Waals surface area contributed by atoms with Crippen molar-refractivity contribution in [3.63, 3.8) is 0 Å². The fourth-order valence-corrected chi connectivity index (χ4v) is 5.37. The fraction of sp³-hybridized carbons (Fsp3) is 0.821. The highest BCUT2D eigenvalue weighted by atomic mass is 16.5. The predicted molar refractivity (Wildman–Crippen MR) is 131 cm³/mol. The van der Waals surface area contributed by atoms with Crippen LogP contribution < -0.4 is 0 Å². The smallest absolute Gasteiger partial charge is 0.306 e. The molecule has 0 spiro atoms. The van der Waals surface area contributed by atoms with Crippen molar-refractivity contribution in [3.05, 3.63) is 23.8 Å². The molecule has 2 rings (SSSR count). The molecular formula is C28H48O4. The zero-order chi connectivity index (χ0) is 23.5. The molecule has 2 saturated carbocycles. The summed E-state index contributed by atoms with van der Waals surface area (Å²) in [5, 5.41) is 20.8. The molecule has 32 heavy (non-hydrogen) atoms. The molecule has 0 aliphatic heterocycles. The summed E-state index contributed by atoms with van der Waals surface area (Å²) >= 11 is 0. The third-order valence-electron chi connectivity index (χ3n) is 7.68. The molecule has 0 aromatic carbocycles. The van der Waals surface area contributed by atoms with Crippen LogP contribution in [0.2, 0.25) is 0 Å². The van der Waals surface area contributed by atoms with Gasteiger partial charge in [-0.25, -0.2) is 0 Å². The first-order valence-electron chi connectivity index (χ1n) is 13.3. The molecular weight excluding hydrogens is 400 g/mol. The Morgan fingerprint density at radius 3 is 2.66 bits per heavy atom. The number of allylic oxidation sites excluding steroid dienone is 2. The predicted octanol–water partition coefficient (Wildman–Crippen LogP) is 6.36. The third-order valence-corrected chi connectivity index (χ3v) is 7.68. The Morgan fingerprint density at radius 2 is 1.94 bits per heavy atom. The van der Waals surface area contributed by atoms with Crippen LogP contribution in [0.5, 0.6) is 0 Å². The second kappa shape index (κ2) is 14.2. The van der Waals surface area contributed by atoms with E-state index in [1.807, 2.05) is 13.0 Å². The normalized spacial score (nSPS) is 29.4. The third kappa shape index (κ3) is 8.67. The molecule has 4 nitrogen and oxygen atoms in total. The molecule has 2 N–H and O–H groups in total. The lowest BCUT2D eigenvalue weighted by Crippen LogP contribution is -2.19. The maximum absolute atomic E-state index is 12.1. The van der Waals surface area contributed by atoms with E-state index >= 15 is 0 Å². The minimum Gasteiger partial charge on any atom is -0.463 e. The number of aliphatic hydroxyl groups excluding tert-OH is 2. The number of hydrogen-bond donors (Lipinski definition) is 2. The first-order chi connectivity index (χ1) is 15.3. The quantitative estimate of drug-likeness (QED) is 0.184. The number of aliphatic hydroxyl groups is 2.